The van der Waals surface area contributed by atoms with Gasteiger partial charge in [0.1, 0.15) is 11.3 Å². The normalized spacial score (nSPS) is 15.5. The van der Waals surface area contributed by atoms with E-state index in [1.807, 2.05) is 55.5 Å². The summed E-state index contributed by atoms with van der Waals surface area (Å²) in [6.45, 7) is 7.03. The molecule has 1 aromatic heterocycles. The number of anilines is 1. The number of morpholine rings is 1. The molecule has 1 unspecified atom stereocenters. The van der Waals surface area contributed by atoms with Crippen molar-refractivity contribution in [1.82, 2.24) is 4.90 Å². The van der Waals surface area contributed by atoms with Crippen molar-refractivity contribution in [3.05, 3.63) is 101 Å². The number of furan rings is 1. The van der Waals surface area contributed by atoms with E-state index in [1.165, 1.54) is 5.56 Å². The van der Waals surface area contributed by atoms with E-state index in [1.54, 1.807) is 0 Å². The monoisotopic (exact) mass is 440 g/mol. The zero-order valence-electron chi connectivity index (χ0n) is 19.0. The third kappa shape index (κ3) is 4.42. The first-order valence-electron chi connectivity index (χ1n) is 11.4. The number of rotatable bonds is 5. The van der Waals surface area contributed by atoms with Gasteiger partial charge in [-0.15, -0.1) is 0 Å². The van der Waals surface area contributed by atoms with Gasteiger partial charge in [0.25, 0.3) is 5.91 Å². The average Bonchev–Trinajstić information content (AvgIpc) is 3.19. The molecule has 1 aliphatic heterocycles. The Morgan fingerprint density at radius 1 is 0.879 bits per heavy atom. The molecule has 5 heteroatoms. The number of hydrogen-bond donors (Lipinski definition) is 1. The van der Waals surface area contributed by atoms with Crippen molar-refractivity contribution in [2.24, 2.45) is 0 Å². The quantitative estimate of drug-likeness (QED) is 0.431. The van der Waals surface area contributed by atoms with Crippen LogP contribution < -0.4 is 5.32 Å². The predicted molar refractivity (Wildman–Crippen MR) is 131 cm³/mol. The summed E-state index contributed by atoms with van der Waals surface area (Å²) in [5.74, 6) is 0.606. The van der Waals surface area contributed by atoms with Gasteiger partial charge in [-0.3, -0.25) is 9.69 Å². The number of hydrogen-bond acceptors (Lipinski definition) is 4. The van der Waals surface area contributed by atoms with E-state index < -0.39 is 0 Å². The highest BCUT2D eigenvalue weighted by Crippen LogP contribution is 2.40. The summed E-state index contributed by atoms with van der Waals surface area (Å²) in [5.41, 5.74) is 5.57. The molecule has 0 bridgehead atoms. The summed E-state index contributed by atoms with van der Waals surface area (Å²) >= 11 is 0. The lowest BCUT2D eigenvalue weighted by Gasteiger charge is -2.34. The van der Waals surface area contributed by atoms with Crippen molar-refractivity contribution in [1.29, 1.82) is 0 Å². The summed E-state index contributed by atoms with van der Waals surface area (Å²) in [7, 11) is 0. The van der Waals surface area contributed by atoms with Crippen molar-refractivity contribution in [3.8, 4) is 0 Å². The van der Waals surface area contributed by atoms with Crippen LogP contribution in [0.25, 0.3) is 11.0 Å². The van der Waals surface area contributed by atoms with Crippen LogP contribution in [0.5, 0.6) is 0 Å². The number of aryl methyl sites for hydroxylation is 2. The molecule has 0 aliphatic carbocycles. The number of ether oxygens (including phenoxy) is 1. The molecule has 1 aliphatic rings. The largest absolute Gasteiger partial charge is 0.457 e. The van der Waals surface area contributed by atoms with Crippen molar-refractivity contribution in [2.45, 2.75) is 19.9 Å². The van der Waals surface area contributed by atoms with Crippen molar-refractivity contribution < 1.29 is 13.9 Å². The van der Waals surface area contributed by atoms with E-state index in [4.69, 9.17) is 9.15 Å². The maximum absolute atomic E-state index is 13.2. The SMILES string of the molecule is Cc1ccc(C(=O)Nc2c(C(c3ccc(C)cc3)N3CCOCC3)oc3ccccc23)cc1. The van der Waals surface area contributed by atoms with Gasteiger partial charge in [-0.05, 0) is 43.7 Å². The number of amides is 1. The van der Waals surface area contributed by atoms with E-state index >= 15 is 0 Å². The van der Waals surface area contributed by atoms with Crippen LogP contribution in [0.3, 0.4) is 0 Å². The summed E-state index contributed by atoms with van der Waals surface area (Å²) in [6, 6.07) is 23.9. The van der Waals surface area contributed by atoms with E-state index in [-0.39, 0.29) is 11.9 Å². The van der Waals surface area contributed by atoms with Crippen molar-refractivity contribution >= 4 is 22.6 Å². The zero-order chi connectivity index (χ0) is 22.8. The standard InChI is InChI=1S/C28H28N2O3/c1-19-7-11-21(12-8-19)26(30-15-17-32-18-16-30)27-25(23-5-3-4-6-24(23)33-27)29-28(31)22-13-9-20(2)10-14-22/h3-14,26H,15-18H2,1-2H3,(H,29,31). The van der Waals surface area contributed by atoms with E-state index in [9.17, 15) is 4.79 Å². The first kappa shape index (κ1) is 21.4. The van der Waals surface area contributed by atoms with Gasteiger partial charge in [-0.25, -0.2) is 0 Å². The van der Waals surface area contributed by atoms with Crippen LogP contribution in [0.1, 0.15) is 38.9 Å². The molecular weight excluding hydrogens is 412 g/mol. The summed E-state index contributed by atoms with van der Waals surface area (Å²) in [6.07, 6.45) is 0. The number of carbonyl (C=O) groups is 1. The molecule has 4 aromatic rings. The van der Waals surface area contributed by atoms with Crippen molar-refractivity contribution in [2.75, 3.05) is 31.6 Å². The Morgan fingerprint density at radius 2 is 1.52 bits per heavy atom. The van der Waals surface area contributed by atoms with Crippen LogP contribution in [0.15, 0.2) is 77.2 Å². The zero-order valence-corrected chi connectivity index (χ0v) is 19.0. The smallest absolute Gasteiger partial charge is 0.255 e. The first-order chi connectivity index (χ1) is 16.1. The highest BCUT2D eigenvalue weighted by Gasteiger charge is 2.31. The summed E-state index contributed by atoms with van der Waals surface area (Å²) in [4.78, 5) is 15.6. The molecule has 0 saturated carbocycles. The second-order valence-corrected chi connectivity index (χ2v) is 8.62. The molecule has 5 nitrogen and oxygen atoms in total. The number of carbonyl (C=O) groups excluding carboxylic acids is 1. The molecule has 1 saturated heterocycles. The lowest BCUT2D eigenvalue weighted by molar-refractivity contribution is 0.0206. The Morgan fingerprint density at radius 3 is 2.21 bits per heavy atom. The predicted octanol–water partition coefficient (Wildman–Crippen LogP) is 5.72. The molecule has 0 spiro atoms. The average molecular weight is 441 g/mol. The van der Waals surface area contributed by atoms with Gasteiger partial charge < -0.3 is 14.5 Å². The Balaban J connectivity index is 1.62. The van der Waals surface area contributed by atoms with Gasteiger partial charge in [-0.2, -0.15) is 0 Å². The minimum Gasteiger partial charge on any atom is -0.457 e. The van der Waals surface area contributed by atoms with E-state index in [0.717, 1.165) is 46.6 Å². The molecule has 2 heterocycles. The Hall–Kier alpha value is -3.41. The fraction of sp³-hybridized carbons (Fsp3) is 0.250. The summed E-state index contributed by atoms with van der Waals surface area (Å²) < 4.78 is 12.1. The second-order valence-electron chi connectivity index (χ2n) is 8.62. The van der Waals surface area contributed by atoms with E-state index in [2.05, 4.69) is 41.4 Å². The number of para-hydroxylation sites is 1. The fourth-order valence-corrected chi connectivity index (χ4v) is 4.39. The van der Waals surface area contributed by atoms with Gasteiger partial charge >= 0.3 is 0 Å². The molecule has 3 aromatic carbocycles. The highest BCUT2D eigenvalue weighted by atomic mass is 16.5. The van der Waals surface area contributed by atoms with Crippen LogP contribution in [0.4, 0.5) is 5.69 Å². The number of fused-ring (bicyclic) bond motifs is 1. The first-order valence-corrected chi connectivity index (χ1v) is 11.4. The number of benzene rings is 3. The lowest BCUT2D eigenvalue weighted by Crippen LogP contribution is -2.39. The second kappa shape index (κ2) is 9.22. The fourth-order valence-electron chi connectivity index (χ4n) is 4.39. The lowest BCUT2D eigenvalue weighted by atomic mass is 9.99. The molecule has 1 fully saturated rings. The molecule has 168 valence electrons. The Kier molecular flexibility index (Phi) is 5.99. The van der Waals surface area contributed by atoms with Crippen LogP contribution >= 0.6 is 0 Å². The Bertz CT molecular complexity index is 1250. The van der Waals surface area contributed by atoms with Gasteiger partial charge in [0.2, 0.25) is 0 Å². The van der Waals surface area contributed by atoms with Gasteiger partial charge in [0.05, 0.1) is 24.9 Å². The summed E-state index contributed by atoms with van der Waals surface area (Å²) in [5, 5.41) is 4.08. The molecular formula is C28H28N2O3. The number of nitrogens with one attached hydrogen (secondary N) is 1. The molecule has 1 atom stereocenters. The van der Waals surface area contributed by atoms with E-state index in [0.29, 0.717) is 18.8 Å². The molecule has 5 rings (SSSR count). The maximum Gasteiger partial charge on any atom is 0.255 e. The molecule has 33 heavy (non-hydrogen) atoms. The molecule has 1 amide bonds. The third-order valence-corrected chi connectivity index (χ3v) is 6.23. The van der Waals surface area contributed by atoms with Crippen LogP contribution in [0.2, 0.25) is 0 Å². The molecule has 0 radical (unpaired) electrons. The minimum absolute atomic E-state index is 0.129. The minimum atomic E-state index is -0.146. The van der Waals surface area contributed by atoms with Gasteiger partial charge in [0.15, 0.2) is 0 Å². The van der Waals surface area contributed by atoms with Crippen LogP contribution in [-0.2, 0) is 4.74 Å². The van der Waals surface area contributed by atoms with Crippen LogP contribution in [0, 0.1) is 13.8 Å². The third-order valence-electron chi connectivity index (χ3n) is 6.23. The topological polar surface area (TPSA) is 54.7 Å². The van der Waals surface area contributed by atoms with Crippen LogP contribution in [-0.4, -0.2) is 37.1 Å². The molecule has 1 N–H and O–H groups in total. The highest BCUT2D eigenvalue weighted by molar-refractivity contribution is 6.09. The maximum atomic E-state index is 13.2. The van der Waals surface area contributed by atoms with Gasteiger partial charge in [-0.1, -0.05) is 59.7 Å². The number of nitrogens with zero attached hydrogens (tertiary/aromatic N) is 1. The van der Waals surface area contributed by atoms with Crippen molar-refractivity contribution in [3.63, 3.8) is 0 Å². The van der Waals surface area contributed by atoms with Gasteiger partial charge in [0, 0.05) is 24.0 Å². The Labute approximate surface area is 194 Å².